The molecule has 4 N–H and O–H groups in total. The summed E-state index contributed by atoms with van der Waals surface area (Å²) in [5, 5.41) is 34.8. The molecule has 0 heterocycles. The SMILES string of the molecule is OCCCCCCC(O)(O)CO. The molecule has 0 aromatic heterocycles. The maximum absolute atomic E-state index is 8.94. The highest BCUT2D eigenvalue weighted by Crippen LogP contribution is 2.11. The highest BCUT2D eigenvalue weighted by Gasteiger charge is 2.20. The van der Waals surface area contributed by atoms with Gasteiger partial charge < -0.3 is 20.4 Å². The van der Waals surface area contributed by atoms with Crippen molar-refractivity contribution < 1.29 is 20.4 Å². The van der Waals surface area contributed by atoms with Gasteiger partial charge in [0.1, 0.15) is 0 Å². The van der Waals surface area contributed by atoms with Crippen LogP contribution in [0.5, 0.6) is 0 Å². The van der Waals surface area contributed by atoms with Crippen LogP contribution in [0.15, 0.2) is 0 Å². The van der Waals surface area contributed by atoms with E-state index in [0.29, 0.717) is 6.42 Å². The molecule has 0 spiro atoms. The van der Waals surface area contributed by atoms with E-state index in [1.165, 1.54) is 0 Å². The predicted molar refractivity (Wildman–Crippen MR) is 44.4 cm³/mol. The van der Waals surface area contributed by atoms with Crippen LogP contribution in [0.25, 0.3) is 0 Å². The average Bonchev–Trinajstić information content (AvgIpc) is 2.04. The summed E-state index contributed by atoms with van der Waals surface area (Å²) in [7, 11) is 0. The second-order valence-corrected chi connectivity index (χ2v) is 3.03. The lowest BCUT2D eigenvalue weighted by molar-refractivity contribution is -0.191. The van der Waals surface area contributed by atoms with Gasteiger partial charge in [-0.1, -0.05) is 12.8 Å². The fourth-order valence-electron chi connectivity index (χ4n) is 0.953. The summed E-state index contributed by atoms with van der Waals surface area (Å²) in [4.78, 5) is 0. The van der Waals surface area contributed by atoms with E-state index in [-0.39, 0.29) is 13.0 Å². The molecular weight excluding hydrogens is 160 g/mol. The fraction of sp³-hybridized carbons (Fsp3) is 1.00. The molecule has 0 aliphatic rings. The van der Waals surface area contributed by atoms with E-state index in [1.54, 1.807) is 0 Å². The van der Waals surface area contributed by atoms with Gasteiger partial charge in [0.05, 0.1) is 6.61 Å². The van der Waals surface area contributed by atoms with Gasteiger partial charge in [0.15, 0.2) is 5.79 Å². The highest BCUT2D eigenvalue weighted by molar-refractivity contribution is 4.61. The first-order valence-corrected chi connectivity index (χ1v) is 4.29. The van der Waals surface area contributed by atoms with Crippen LogP contribution >= 0.6 is 0 Å². The van der Waals surface area contributed by atoms with Gasteiger partial charge in [-0.15, -0.1) is 0 Å². The molecule has 4 nitrogen and oxygen atoms in total. The molecule has 0 aromatic carbocycles. The third kappa shape index (κ3) is 6.54. The zero-order valence-electron chi connectivity index (χ0n) is 7.24. The standard InChI is InChI=1S/C8H18O4/c9-6-4-2-1-3-5-8(11,12)7-10/h9-12H,1-7H2. The highest BCUT2D eigenvalue weighted by atomic mass is 16.5. The van der Waals surface area contributed by atoms with Crippen LogP contribution in [0.4, 0.5) is 0 Å². The Labute approximate surface area is 72.5 Å². The minimum atomic E-state index is -1.92. The Morgan fingerprint density at radius 2 is 1.42 bits per heavy atom. The fourth-order valence-corrected chi connectivity index (χ4v) is 0.953. The van der Waals surface area contributed by atoms with Crippen LogP contribution in [0, 0.1) is 0 Å². The van der Waals surface area contributed by atoms with Crippen molar-refractivity contribution in [1.82, 2.24) is 0 Å². The third-order valence-corrected chi connectivity index (χ3v) is 1.74. The summed E-state index contributed by atoms with van der Waals surface area (Å²) >= 11 is 0. The Bertz CT molecular complexity index is 103. The molecule has 0 fully saturated rings. The lowest BCUT2D eigenvalue weighted by Crippen LogP contribution is -2.32. The minimum absolute atomic E-state index is 0.184. The van der Waals surface area contributed by atoms with E-state index in [0.717, 1.165) is 19.3 Å². The lowest BCUT2D eigenvalue weighted by atomic mass is 10.1. The van der Waals surface area contributed by atoms with Gasteiger partial charge >= 0.3 is 0 Å². The third-order valence-electron chi connectivity index (χ3n) is 1.74. The van der Waals surface area contributed by atoms with Gasteiger partial charge in [-0.2, -0.15) is 0 Å². The number of hydrogen-bond donors (Lipinski definition) is 4. The predicted octanol–water partition coefficient (Wildman–Crippen LogP) is -0.398. The van der Waals surface area contributed by atoms with Gasteiger partial charge in [-0.25, -0.2) is 0 Å². The molecule has 74 valence electrons. The smallest absolute Gasteiger partial charge is 0.186 e. The Morgan fingerprint density at radius 1 is 0.833 bits per heavy atom. The van der Waals surface area contributed by atoms with Crippen molar-refractivity contribution in [2.75, 3.05) is 13.2 Å². The van der Waals surface area contributed by atoms with Gasteiger partial charge in [0.2, 0.25) is 0 Å². The Balaban J connectivity index is 3.19. The average molecular weight is 178 g/mol. The summed E-state index contributed by atoms with van der Waals surface area (Å²) < 4.78 is 0. The van der Waals surface area contributed by atoms with E-state index in [1.807, 2.05) is 0 Å². The van der Waals surface area contributed by atoms with Crippen molar-refractivity contribution >= 4 is 0 Å². The van der Waals surface area contributed by atoms with E-state index in [4.69, 9.17) is 20.4 Å². The Kier molecular flexibility index (Phi) is 6.28. The molecule has 0 aliphatic heterocycles. The molecular formula is C8H18O4. The monoisotopic (exact) mass is 178 g/mol. The number of aliphatic hydroxyl groups is 4. The van der Waals surface area contributed by atoms with Crippen LogP contribution in [-0.2, 0) is 0 Å². The summed E-state index contributed by atoms with van der Waals surface area (Å²) in [5.41, 5.74) is 0. The maximum atomic E-state index is 8.94. The topological polar surface area (TPSA) is 80.9 Å². The minimum Gasteiger partial charge on any atom is -0.396 e. The van der Waals surface area contributed by atoms with Crippen LogP contribution in [0.2, 0.25) is 0 Å². The second-order valence-electron chi connectivity index (χ2n) is 3.03. The normalized spacial score (nSPS) is 12.0. The summed E-state index contributed by atoms with van der Waals surface area (Å²) in [6.07, 6.45) is 3.34. The van der Waals surface area contributed by atoms with Gasteiger partial charge in [0.25, 0.3) is 0 Å². The number of aliphatic hydroxyl groups excluding tert-OH is 2. The van der Waals surface area contributed by atoms with Crippen LogP contribution in [-0.4, -0.2) is 39.4 Å². The quantitative estimate of drug-likeness (QED) is 0.316. The molecule has 0 amide bonds. The van der Waals surface area contributed by atoms with Gasteiger partial charge in [-0.3, -0.25) is 0 Å². The van der Waals surface area contributed by atoms with E-state index >= 15 is 0 Å². The van der Waals surface area contributed by atoms with Gasteiger partial charge in [0, 0.05) is 13.0 Å². The summed E-state index contributed by atoms with van der Waals surface area (Å²) in [5.74, 6) is -1.92. The van der Waals surface area contributed by atoms with Crippen LogP contribution < -0.4 is 0 Å². The van der Waals surface area contributed by atoms with Crippen molar-refractivity contribution in [2.24, 2.45) is 0 Å². The molecule has 12 heavy (non-hydrogen) atoms. The zero-order valence-corrected chi connectivity index (χ0v) is 7.24. The molecule has 0 bridgehead atoms. The molecule has 0 saturated carbocycles. The van der Waals surface area contributed by atoms with E-state index in [2.05, 4.69) is 0 Å². The number of hydrogen-bond acceptors (Lipinski definition) is 4. The second kappa shape index (κ2) is 6.37. The van der Waals surface area contributed by atoms with Gasteiger partial charge in [-0.05, 0) is 12.8 Å². The Hall–Kier alpha value is -0.160. The van der Waals surface area contributed by atoms with Crippen molar-refractivity contribution in [1.29, 1.82) is 0 Å². The molecule has 0 unspecified atom stereocenters. The number of rotatable bonds is 7. The molecule has 0 rings (SSSR count). The summed E-state index contributed by atoms with van der Waals surface area (Å²) in [6, 6.07) is 0. The molecule has 0 aromatic rings. The Morgan fingerprint density at radius 3 is 1.92 bits per heavy atom. The van der Waals surface area contributed by atoms with Crippen LogP contribution in [0.3, 0.4) is 0 Å². The first-order valence-electron chi connectivity index (χ1n) is 4.29. The van der Waals surface area contributed by atoms with E-state index in [9.17, 15) is 0 Å². The van der Waals surface area contributed by atoms with Crippen molar-refractivity contribution in [3.63, 3.8) is 0 Å². The largest absolute Gasteiger partial charge is 0.396 e. The van der Waals surface area contributed by atoms with Crippen molar-refractivity contribution in [3.05, 3.63) is 0 Å². The molecule has 0 atom stereocenters. The first-order chi connectivity index (χ1) is 5.62. The lowest BCUT2D eigenvalue weighted by Gasteiger charge is -2.17. The van der Waals surface area contributed by atoms with Crippen molar-refractivity contribution in [2.45, 2.75) is 37.9 Å². The van der Waals surface area contributed by atoms with Crippen LogP contribution in [0.1, 0.15) is 32.1 Å². The zero-order chi connectivity index (χ0) is 9.45. The molecule has 0 radical (unpaired) electrons. The van der Waals surface area contributed by atoms with Crippen molar-refractivity contribution in [3.8, 4) is 0 Å². The summed E-state index contributed by atoms with van der Waals surface area (Å²) in [6.45, 7) is -0.434. The molecule has 0 aliphatic carbocycles. The molecule has 4 heteroatoms. The first kappa shape index (κ1) is 11.8. The van der Waals surface area contributed by atoms with E-state index < -0.39 is 12.4 Å². The molecule has 0 saturated heterocycles. The number of unbranched alkanes of at least 4 members (excludes halogenated alkanes) is 3. The maximum Gasteiger partial charge on any atom is 0.186 e.